The fourth-order valence-electron chi connectivity index (χ4n) is 3.45. The molecule has 1 N–H and O–H groups in total. The largest absolute Gasteiger partial charge is 0.337 e. The molecular formula is C16H31N3OS. The maximum Gasteiger partial charge on any atom is 0.317 e. The number of carbonyl (C=O) groups is 1. The van der Waals surface area contributed by atoms with Crippen molar-refractivity contribution < 1.29 is 4.79 Å². The first kappa shape index (κ1) is 16.9. The van der Waals surface area contributed by atoms with Crippen LogP contribution in [0.15, 0.2) is 0 Å². The average Bonchev–Trinajstić information content (AvgIpc) is 2.41. The fraction of sp³-hybridized carbons (Fsp3) is 0.938. The molecule has 4 nitrogen and oxygen atoms in total. The summed E-state index contributed by atoms with van der Waals surface area (Å²) in [5.41, 5.74) is 0. The van der Waals surface area contributed by atoms with E-state index in [-0.39, 0.29) is 10.8 Å². The number of nitrogens with one attached hydrogen (secondary N) is 1. The number of hydrogen-bond acceptors (Lipinski definition) is 3. The van der Waals surface area contributed by atoms with Crippen LogP contribution in [0, 0.1) is 5.92 Å². The lowest BCUT2D eigenvalue weighted by atomic mass is 9.84. The molecule has 2 atom stereocenters. The summed E-state index contributed by atoms with van der Waals surface area (Å²) in [6.45, 7) is 10.6. The third-order valence-corrected chi connectivity index (χ3v) is 5.72. The van der Waals surface area contributed by atoms with Crippen LogP contribution in [-0.2, 0) is 0 Å². The van der Waals surface area contributed by atoms with Crippen LogP contribution in [0.3, 0.4) is 0 Å². The Morgan fingerprint density at radius 1 is 1.29 bits per heavy atom. The Balaban J connectivity index is 1.78. The second kappa shape index (κ2) is 7.23. The number of likely N-dealkylation sites (tertiary alicyclic amines) is 2. The van der Waals surface area contributed by atoms with Gasteiger partial charge in [-0.25, -0.2) is 4.79 Å². The highest BCUT2D eigenvalue weighted by molar-refractivity contribution is 8.00. The number of hydrogen-bond donors (Lipinski definition) is 1. The van der Waals surface area contributed by atoms with Crippen LogP contribution >= 0.6 is 11.8 Å². The zero-order valence-electron chi connectivity index (χ0n) is 14.0. The minimum Gasteiger partial charge on any atom is -0.337 e. The van der Waals surface area contributed by atoms with Crippen molar-refractivity contribution in [1.82, 2.24) is 15.1 Å². The lowest BCUT2D eigenvalue weighted by Crippen LogP contribution is -2.57. The Bertz CT molecular complexity index is 356. The van der Waals surface area contributed by atoms with E-state index in [1.807, 2.05) is 11.8 Å². The molecule has 2 aliphatic heterocycles. The van der Waals surface area contributed by atoms with Gasteiger partial charge in [0.15, 0.2) is 0 Å². The first-order valence-corrected chi connectivity index (χ1v) is 9.22. The lowest BCUT2D eigenvalue weighted by molar-refractivity contribution is 0.0536. The van der Waals surface area contributed by atoms with E-state index in [1.54, 1.807) is 0 Å². The van der Waals surface area contributed by atoms with Crippen molar-refractivity contribution in [2.45, 2.75) is 50.8 Å². The molecule has 0 aromatic heterocycles. The molecule has 2 aliphatic rings. The summed E-state index contributed by atoms with van der Waals surface area (Å²) in [6.07, 6.45) is 3.56. The van der Waals surface area contributed by atoms with E-state index >= 15 is 0 Å². The predicted octanol–water partition coefficient (Wildman–Crippen LogP) is 2.64. The molecule has 0 bridgehead atoms. The first-order valence-electron chi connectivity index (χ1n) is 8.24. The Morgan fingerprint density at radius 2 is 2.05 bits per heavy atom. The molecule has 0 spiro atoms. The van der Waals surface area contributed by atoms with Gasteiger partial charge in [-0.2, -0.15) is 11.8 Å². The summed E-state index contributed by atoms with van der Waals surface area (Å²) < 4.78 is 0.273. The Hall–Kier alpha value is -0.420. The van der Waals surface area contributed by atoms with Gasteiger partial charge in [-0.1, -0.05) is 20.8 Å². The van der Waals surface area contributed by atoms with Gasteiger partial charge in [-0.3, -0.25) is 0 Å². The molecule has 122 valence electrons. The van der Waals surface area contributed by atoms with Crippen LogP contribution in [0.25, 0.3) is 0 Å². The molecule has 2 heterocycles. The van der Waals surface area contributed by atoms with E-state index in [1.165, 1.54) is 6.42 Å². The van der Waals surface area contributed by atoms with Gasteiger partial charge in [-0.15, -0.1) is 0 Å². The summed E-state index contributed by atoms with van der Waals surface area (Å²) in [6, 6.07) is 0.619. The van der Waals surface area contributed by atoms with Crippen LogP contribution < -0.4 is 5.32 Å². The molecule has 0 aromatic carbocycles. The van der Waals surface area contributed by atoms with Gasteiger partial charge in [0.25, 0.3) is 0 Å². The SMILES string of the molecule is CN1CC[C@@H]2[C@H](CCCN2C(=O)NCCSC(C)(C)C)C1. The molecular weight excluding hydrogens is 282 g/mol. The number of amides is 2. The number of fused-ring (bicyclic) bond motifs is 1. The highest BCUT2D eigenvalue weighted by Gasteiger charge is 2.37. The Labute approximate surface area is 134 Å². The molecule has 2 rings (SSSR count). The molecule has 0 aliphatic carbocycles. The van der Waals surface area contributed by atoms with Crippen LogP contribution in [-0.4, -0.2) is 65.6 Å². The molecule has 0 radical (unpaired) electrons. The standard InChI is InChI=1S/C16H31N3OS/c1-16(2,3)21-11-8-17-15(20)19-9-5-6-13-12-18(4)10-7-14(13)19/h13-14H,5-12H2,1-4H3,(H,17,20)/t13-,14-/m1/s1. The van der Waals surface area contributed by atoms with Gasteiger partial charge in [0, 0.05) is 36.2 Å². The number of rotatable bonds is 3. The average molecular weight is 314 g/mol. The fourth-order valence-corrected chi connectivity index (χ4v) is 4.27. The number of nitrogens with zero attached hydrogens (tertiary/aromatic N) is 2. The molecule has 0 unspecified atom stereocenters. The third-order valence-electron chi connectivity index (χ3n) is 4.45. The first-order chi connectivity index (χ1) is 9.87. The van der Waals surface area contributed by atoms with E-state index in [2.05, 4.69) is 42.9 Å². The smallest absolute Gasteiger partial charge is 0.317 e. The second-order valence-corrected chi connectivity index (χ2v) is 9.33. The van der Waals surface area contributed by atoms with E-state index in [0.29, 0.717) is 12.0 Å². The number of thioether (sulfide) groups is 1. The maximum absolute atomic E-state index is 12.5. The lowest BCUT2D eigenvalue weighted by Gasteiger charge is -2.46. The minimum absolute atomic E-state index is 0.156. The minimum atomic E-state index is 0.156. The van der Waals surface area contributed by atoms with Gasteiger partial charge < -0.3 is 15.1 Å². The van der Waals surface area contributed by atoms with Crippen LogP contribution in [0.4, 0.5) is 4.79 Å². The molecule has 2 saturated heterocycles. The maximum atomic E-state index is 12.5. The van der Waals surface area contributed by atoms with E-state index in [0.717, 1.165) is 44.8 Å². The van der Waals surface area contributed by atoms with Gasteiger partial charge in [0.05, 0.1) is 0 Å². The quantitative estimate of drug-likeness (QED) is 0.814. The van der Waals surface area contributed by atoms with Crippen molar-refractivity contribution in [2.75, 3.05) is 39.0 Å². The topological polar surface area (TPSA) is 35.6 Å². The number of piperidine rings is 2. The Morgan fingerprint density at radius 3 is 2.76 bits per heavy atom. The van der Waals surface area contributed by atoms with E-state index in [4.69, 9.17) is 0 Å². The second-order valence-electron chi connectivity index (χ2n) is 7.41. The van der Waals surface area contributed by atoms with Gasteiger partial charge >= 0.3 is 6.03 Å². The number of carbonyl (C=O) groups excluding carboxylic acids is 1. The van der Waals surface area contributed by atoms with Crippen LogP contribution in [0.2, 0.25) is 0 Å². The van der Waals surface area contributed by atoms with Crippen molar-refractivity contribution in [3.05, 3.63) is 0 Å². The van der Waals surface area contributed by atoms with Crippen molar-refractivity contribution in [3.8, 4) is 0 Å². The van der Waals surface area contributed by atoms with E-state index in [9.17, 15) is 4.79 Å². The summed E-state index contributed by atoms with van der Waals surface area (Å²) in [7, 11) is 2.19. The van der Waals surface area contributed by atoms with Crippen LogP contribution in [0.5, 0.6) is 0 Å². The number of urea groups is 1. The van der Waals surface area contributed by atoms with Crippen molar-refractivity contribution >= 4 is 17.8 Å². The zero-order chi connectivity index (χ0) is 15.5. The summed E-state index contributed by atoms with van der Waals surface area (Å²) in [4.78, 5) is 17.0. The molecule has 2 amide bonds. The summed E-state index contributed by atoms with van der Waals surface area (Å²) >= 11 is 1.91. The molecule has 0 aromatic rings. The van der Waals surface area contributed by atoms with Crippen molar-refractivity contribution in [2.24, 2.45) is 5.92 Å². The normalized spacial score (nSPS) is 27.3. The highest BCUT2D eigenvalue weighted by Crippen LogP contribution is 2.30. The molecule has 2 fully saturated rings. The molecule has 5 heteroatoms. The summed E-state index contributed by atoms with van der Waals surface area (Å²) in [5.74, 6) is 1.66. The predicted molar refractivity (Wildman–Crippen MR) is 90.9 cm³/mol. The van der Waals surface area contributed by atoms with Crippen molar-refractivity contribution in [3.63, 3.8) is 0 Å². The van der Waals surface area contributed by atoms with Gasteiger partial charge in [0.2, 0.25) is 0 Å². The summed E-state index contributed by atoms with van der Waals surface area (Å²) in [5, 5.41) is 3.12. The van der Waals surface area contributed by atoms with Gasteiger partial charge in [0.1, 0.15) is 0 Å². The molecule has 21 heavy (non-hydrogen) atoms. The van der Waals surface area contributed by atoms with Gasteiger partial charge in [-0.05, 0) is 38.8 Å². The third kappa shape index (κ3) is 5.06. The zero-order valence-corrected chi connectivity index (χ0v) is 14.8. The van der Waals surface area contributed by atoms with E-state index < -0.39 is 0 Å². The van der Waals surface area contributed by atoms with Crippen LogP contribution in [0.1, 0.15) is 40.0 Å². The Kier molecular flexibility index (Phi) is 5.83. The monoisotopic (exact) mass is 313 g/mol. The van der Waals surface area contributed by atoms with Crippen molar-refractivity contribution in [1.29, 1.82) is 0 Å². The molecule has 0 saturated carbocycles. The highest BCUT2D eigenvalue weighted by atomic mass is 32.2.